The number of hydrogen-bond donors (Lipinski definition) is 0. The Morgan fingerprint density at radius 3 is 2.24 bits per heavy atom. The highest BCUT2D eigenvalue weighted by atomic mass is 19.4. The van der Waals surface area contributed by atoms with Crippen molar-refractivity contribution >= 4 is 0 Å². The number of hydrogen-bond acceptors (Lipinski definition) is 4. The van der Waals surface area contributed by atoms with E-state index in [1.807, 2.05) is 0 Å². The first kappa shape index (κ1) is 11.3. The monoisotopic (exact) mass is 241 g/mol. The van der Waals surface area contributed by atoms with Crippen molar-refractivity contribution in [2.75, 3.05) is 0 Å². The van der Waals surface area contributed by atoms with Gasteiger partial charge in [0.05, 0.1) is 12.4 Å². The summed E-state index contributed by atoms with van der Waals surface area (Å²) in [4.78, 5) is 10.2. The molecule has 0 aliphatic rings. The summed E-state index contributed by atoms with van der Waals surface area (Å²) in [6, 6.07) is 4.95. The Balaban J connectivity index is 2.14. The highest BCUT2D eigenvalue weighted by Gasteiger charge is 2.34. The highest BCUT2D eigenvalue weighted by Crippen LogP contribution is 2.26. The average molecular weight is 241 g/mol. The predicted octanol–water partition coefficient (Wildman–Crippen LogP) is 2.68. The van der Waals surface area contributed by atoms with Gasteiger partial charge in [-0.25, -0.2) is 15.0 Å². The smallest absolute Gasteiger partial charge is 0.436 e. The van der Waals surface area contributed by atoms with Crippen molar-refractivity contribution in [1.82, 2.24) is 15.0 Å². The normalized spacial score (nSPS) is 11.2. The topological polar surface area (TPSA) is 47.9 Å². The molecule has 2 rings (SSSR count). The molecule has 2 heterocycles. The second-order valence-electron chi connectivity index (χ2n) is 3.01. The molecule has 0 saturated heterocycles. The summed E-state index contributed by atoms with van der Waals surface area (Å²) >= 11 is 0. The molecule has 2 aromatic rings. The minimum Gasteiger partial charge on any atom is -0.436 e. The zero-order valence-electron chi connectivity index (χ0n) is 8.35. The molecular formula is C10H6F3N3O. The Morgan fingerprint density at radius 2 is 1.71 bits per heavy atom. The van der Waals surface area contributed by atoms with E-state index >= 15 is 0 Å². The van der Waals surface area contributed by atoms with Crippen molar-refractivity contribution in [2.24, 2.45) is 0 Å². The molecule has 0 atom stereocenters. The molecule has 0 radical (unpaired) electrons. The molecule has 0 aromatic carbocycles. The van der Waals surface area contributed by atoms with E-state index in [4.69, 9.17) is 4.74 Å². The second kappa shape index (κ2) is 4.36. The number of alkyl halides is 3. The average Bonchev–Trinajstić information content (AvgIpc) is 2.30. The molecule has 88 valence electrons. The van der Waals surface area contributed by atoms with Gasteiger partial charge in [0, 0.05) is 12.3 Å². The number of nitrogens with zero attached hydrogens (tertiary/aromatic N) is 3. The van der Waals surface area contributed by atoms with Gasteiger partial charge in [-0.2, -0.15) is 13.2 Å². The van der Waals surface area contributed by atoms with Gasteiger partial charge >= 0.3 is 6.18 Å². The number of rotatable bonds is 2. The molecule has 17 heavy (non-hydrogen) atoms. The largest absolute Gasteiger partial charge is 0.451 e. The van der Waals surface area contributed by atoms with Crippen LogP contribution in [0.2, 0.25) is 0 Å². The van der Waals surface area contributed by atoms with Gasteiger partial charge in [0.15, 0.2) is 5.75 Å². The van der Waals surface area contributed by atoms with Gasteiger partial charge in [-0.1, -0.05) is 6.07 Å². The van der Waals surface area contributed by atoms with Gasteiger partial charge in [-0.15, -0.1) is 0 Å². The van der Waals surface area contributed by atoms with Crippen molar-refractivity contribution in [1.29, 1.82) is 0 Å². The lowest BCUT2D eigenvalue weighted by Gasteiger charge is -2.06. The van der Waals surface area contributed by atoms with Gasteiger partial charge in [0.25, 0.3) is 0 Å². The molecule has 0 saturated carbocycles. The Labute approximate surface area is 94.1 Å². The predicted molar refractivity (Wildman–Crippen MR) is 51.3 cm³/mol. The lowest BCUT2D eigenvalue weighted by molar-refractivity contribution is -0.145. The Bertz CT molecular complexity index is 484. The molecule has 0 aliphatic heterocycles. The zero-order valence-corrected chi connectivity index (χ0v) is 8.35. The lowest BCUT2D eigenvalue weighted by Crippen LogP contribution is -2.10. The molecule has 0 spiro atoms. The van der Waals surface area contributed by atoms with E-state index in [0.29, 0.717) is 0 Å². The van der Waals surface area contributed by atoms with Crippen LogP contribution in [0, 0.1) is 0 Å². The summed E-state index contributed by atoms with van der Waals surface area (Å²) in [6.45, 7) is 0. The Kier molecular flexibility index (Phi) is 2.90. The van der Waals surface area contributed by atoms with E-state index in [9.17, 15) is 13.2 Å². The fourth-order valence-corrected chi connectivity index (χ4v) is 1.04. The number of halogens is 3. The highest BCUT2D eigenvalue weighted by molar-refractivity contribution is 5.21. The van der Waals surface area contributed by atoms with E-state index in [-0.39, 0.29) is 11.6 Å². The molecule has 0 bridgehead atoms. The number of pyridine rings is 1. The maximum absolute atomic E-state index is 12.2. The van der Waals surface area contributed by atoms with E-state index in [1.165, 1.54) is 6.20 Å². The van der Waals surface area contributed by atoms with Gasteiger partial charge in [-0.05, 0) is 6.07 Å². The SMILES string of the molecule is FC(F)(F)c1ncc(Oc2ccccn2)cn1. The quantitative estimate of drug-likeness (QED) is 0.811. The lowest BCUT2D eigenvalue weighted by atomic mass is 10.5. The molecule has 0 amide bonds. The molecule has 0 N–H and O–H groups in total. The van der Waals surface area contributed by atoms with Crippen LogP contribution in [0.25, 0.3) is 0 Å². The first-order valence-electron chi connectivity index (χ1n) is 4.54. The third-order valence-electron chi connectivity index (χ3n) is 1.74. The van der Waals surface area contributed by atoms with Crippen LogP contribution in [0.4, 0.5) is 13.2 Å². The van der Waals surface area contributed by atoms with Crippen LogP contribution in [0.15, 0.2) is 36.8 Å². The molecular weight excluding hydrogens is 235 g/mol. The fourth-order valence-electron chi connectivity index (χ4n) is 1.04. The van der Waals surface area contributed by atoms with Crippen LogP contribution in [0.5, 0.6) is 11.6 Å². The fraction of sp³-hybridized carbons (Fsp3) is 0.100. The van der Waals surface area contributed by atoms with Gasteiger partial charge in [-0.3, -0.25) is 0 Å². The van der Waals surface area contributed by atoms with E-state index in [0.717, 1.165) is 12.4 Å². The van der Waals surface area contributed by atoms with Crippen molar-refractivity contribution in [3.63, 3.8) is 0 Å². The minimum atomic E-state index is -4.55. The van der Waals surface area contributed by atoms with Crippen LogP contribution >= 0.6 is 0 Å². The van der Waals surface area contributed by atoms with Crippen molar-refractivity contribution < 1.29 is 17.9 Å². The summed E-state index contributed by atoms with van der Waals surface area (Å²) in [6.07, 6.45) is -1.15. The van der Waals surface area contributed by atoms with Gasteiger partial charge in [0.1, 0.15) is 0 Å². The summed E-state index contributed by atoms with van der Waals surface area (Å²) in [5.74, 6) is -0.849. The zero-order chi connectivity index (χ0) is 12.3. The van der Waals surface area contributed by atoms with Gasteiger partial charge < -0.3 is 4.74 Å². The van der Waals surface area contributed by atoms with Crippen LogP contribution in [0.3, 0.4) is 0 Å². The van der Waals surface area contributed by atoms with Crippen molar-refractivity contribution in [3.8, 4) is 11.6 Å². The van der Waals surface area contributed by atoms with E-state index < -0.39 is 12.0 Å². The maximum Gasteiger partial charge on any atom is 0.451 e. The van der Waals surface area contributed by atoms with Gasteiger partial charge in [0.2, 0.25) is 11.7 Å². The summed E-state index contributed by atoms with van der Waals surface area (Å²) < 4.78 is 41.6. The molecule has 0 unspecified atom stereocenters. The van der Waals surface area contributed by atoms with E-state index in [1.54, 1.807) is 18.2 Å². The summed E-state index contributed by atoms with van der Waals surface area (Å²) in [5, 5.41) is 0. The molecule has 0 fully saturated rings. The first-order chi connectivity index (χ1) is 8.05. The van der Waals surface area contributed by atoms with Crippen LogP contribution in [-0.2, 0) is 6.18 Å². The molecule has 0 aliphatic carbocycles. The number of aromatic nitrogens is 3. The van der Waals surface area contributed by atoms with Crippen LogP contribution in [0.1, 0.15) is 5.82 Å². The first-order valence-corrected chi connectivity index (χ1v) is 4.54. The molecule has 4 nitrogen and oxygen atoms in total. The maximum atomic E-state index is 12.2. The minimum absolute atomic E-state index is 0.0942. The summed E-state index contributed by atoms with van der Waals surface area (Å²) in [5.41, 5.74) is 0. The third kappa shape index (κ3) is 2.90. The Morgan fingerprint density at radius 1 is 1.00 bits per heavy atom. The third-order valence-corrected chi connectivity index (χ3v) is 1.74. The summed E-state index contributed by atoms with van der Waals surface area (Å²) in [7, 11) is 0. The molecule has 2 aromatic heterocycles. The Hall–Kier alpha value is -2.18. The standard InChI is InChI=1S/C10H6F3N3O/c11-10(12,13)9-15-5-7(6-16-9)17-8-3-1-2-4-14-8/h1-6H. The number of ether oxygens (including phenoxy) is 1. The van der Waals surface area contributed by atoms with Crippen LogP contribution in [-0.4, -0.2) is 15.0 Å². The van der Waals surface area contributed by atoms with E-state index in [2.05, 4.69) is 15.0 Å². The van der Waals surface area contributed by atoms with Crippen molar-refractivity contribution in [2.45, 2.75) is 6.18 Å². The van der Waals surface area contributed by atoms with Crippen molar-refractivity contribution in [3.05, 3.63) is 42.6 Å². The molecule has 7 heteroatoms. The van der Waals surface area contributed by atoms with Crippen LogP contribution < -0.4 is 4.74 Å². The second-order valence-corrected chi connectivity index (χ2v) is 3.01.